The summed E-state index contributed by atoms with van der Waals surface area (Å²) in [5.41, 5.74) is 0. The number of rotatable bonds is 4. The molecule has 2 atom stereocenters. The van der Waals surface area contributed by atoms with Crippen molar-refractivity contribution in [2.75, 3.05) is 5.33 Å². The molecule has 1 heteroatoms. The Morgan fingerprint density at radius 3 is 2.40 bits per heavy atom. The molecular weight excluding hydrogens is 188 g/mol. The van der Waals surface area contributed by atoms with Crippen LogP contribution in [-0.4, -0.2) is 5.33 Å². The lowest BCUT2D eigenvalue weighted by Crippen LogP contribution is -2.05. The normalized spacial score (nSPS) is 24.3. The van der Waals surface area contributed by atoms with Crippen LogP contribution in [0, 0.1) is 17.8 Å². The first-order valence-corrected chi connectivity index (χ1v) is 5.42. The summed E-state index contributed by atoms with van der Waals surface area (Å²) in [5, 5.41) is 1.17. The molecular formula is C9H17Br. The lowest BCUT2D eigenvalue weighted by atomic mass is 9.95. The van der Waals surface area contributed by atoms with Gasteiger partial charge in [0.2, 0.25) is 0 Å². The molecule has 0 aromatic carbocycles. The van der Waals surface area contributed by atoms with Crippen LogP contribution in [0.3, 0.4) is 0 Å². The average molecular weight is 205 g/mol. The van der Waals surface area contributed by atoms with Crippen molar-refractivity contribution in [2.45, 2.75) is 33.1 Å². The van der Waals surface area contributed by atoms with E-state index in [9.17, 15) is 0 Å². The van der Waals surface area contributed by atoms with E-state index < -0.39 is 0 Å². The fourth-order valence-corrected chi connectivity index (χ4v) is 1.82. The highest BCUT2D eigenvalue weighted by Gasteiger charge is 2.28. The lowest BCUT2D eigenvalue weighted by Gasteiger charge is -2.13. The maximum absolute atomic E-state index is 3.51. The Bertz CT molecular complexity index is 96.9. The molecule has 0 amide bonds. The molecule has 60 valence electrons. The molecule has 0 heterocycles. The van der Waals surface area contributed by atoms with Crippen molar-refractivity contribution >= 4 is 15.9 Å². The summed E-state index contributed by atoms with van der Waals surface area (Å²) < 4.78 is 0. The van der Waals surface area contributed by atoms with E-state index in [0.29, 0.717) is 0 Å². The van der Waals surface area contributed by atoms with Gasteiger partial charge in [0.1, 0.15) is 0 Å². The van der Waals surface area contributed by atoms with Gasteiger partial charge in [0.05, 0.1) is 0 Å². The van der Waals surface area contributed by atoms with Gasteiger partial charge in [-0.1, -0.05) is 29.8 Å². The molecule has 1 aliphatic carbocycles. The van der Waals surface area contributed by atoms with Crippen molar-refractivity contribution in [3.63, 3.8) is 0 Å². The van der Waals surface area contributed by atoms with Gasteiger partial charge in [-0.05, 0) is 37.0 Å². The van der Waals surface area contributed by atoms with E-state index in [1.165, 1.54) is 24.6 Å². The maximum atomic E-state index is 3.51. The summed E-state index contributed by atoms with van der Waals surface area (Å²) in [4.78, 5) is 0. The van der Waals surface area contributed by atoms with E-state index in [2.05, 4.69) is 29.8 Å². The van der Waals surface area contributed by atoms with Crippen LogP contribution in [0.25, 0.3) is 0 Å². The molecule has 1 fully saturated rings. The summed E-state index contributed by atoms with van der Waals surface area (Å²) in [7, 11) is 0. The zero-order valence-corrected chi connectivity index (χ0v) is 8.52. The van der Waals surface area contributed by atoms with Gasteiger partial charge in [0.15, 0.2) is 0 Å². The summed E-state index contributed by atoms with van der Waals surface area (Å²) in [5.74, 6) is 2.93. The van der Waals surface area contributed by atoms with Crippen LogP contribution in [0.2, 0.25) is 0 Å². The SMILES string of the molecule is CC(CBr)CC(C)C1CC1. The third-order valence-electron chi connectivity index (χ3n) is 2.46. The zero-order chi connectivity index (χ0) is 7.56. The number of hydrogen-bond acceptors (Lipinski definition) is 0. The molecule has 0 nitrogen and oxygen atoms in total. The minimum atomic E-state index is 0.871. The Morgan fingerprint density at radius 1 is 1.40 bits per heavy atom. The van der Waals surface area contributed by atoms with E-state index in [0.717, 1.165) is 17.8 Å². The van der Waals surface area contributed by atoms with Gasteiger partial charge >= 0.3 is 0 Å². The van der Waals surface area contributed by atoms with Crippen LogP contribution in [0.1, 0.15) is 33.1 Å². The molecule has 0 aliphatic heterocycles. The van der Waals surface area contributed by atoms with Crippen molar-refractivity contribution in [1.29, 1.82) is 0 Å². The van der Waals surface area contributed by atoms with Crippen molar-refractivity contribution < 1.29 is 0 Å². The Morgan fingerprint density at radius 2 is 2.00 bits per heavy atom. The summed E-state index contributed by atoms with van der Waals surface area (Å²) >= 11 is 3.51. The Kier molecular flexibility index (Phi) is 3.22. The van der Waals surface area contributed by atoms with E-state index in [1.54, 1.807) is 0 Å². The minimum Gasteiger partial charge on any atom is -0.0925 e. The van der Waals surface area contributed by atoms with Crippen LogP contribution >= 0.6 is 15.9 Å². The van der Waals surface area contributed by atoms with Gasteiger partial charge in [0.25, 0.3) is 0 Å². The van der Waals surface area contributed by atoms with Crippen LogP contribution < -0.4 is 0 Å². The first kappa shape index (κ1) is 8.58. The molecule has 0 aromatic heterocycles. The Balaban J connectivity index is 2.10. The standard InChI is InChI=1S/C9H17Br/c1-7(6-10)5-8(2)9-3-4-9/h7-9H,3-6H2,1-2H3. The highest BCUT2D eigenvalue weighted by atomic mass is 79.9. The maximum Gasteiger partial charge on any atom is 0.00571 e. The molecule has 0 aromatic rings. The third kappa shape index (κ3) is 2.61. The highest BCUT2D eigenvalue weighted by Crippen LogP contribution is 2.39. The largest absolute Gasteiger partial charge is 0.0925 e. The summed E-state index contributed by atoms with van der Waals surface area (Å²) in [6, 6.07) is 0. The van der Waals surface area contributed by atoms with Gasteiger partial charge in [-0.15, -0.1) is 0 Å². The third-order valence-corrected chi connectivity index (χ3v) is 3.57. The molecule has 2 unspecified atom stereocenters. The van der Waals surface area contributed by atoms with Gasteiger partial charge in [-0.2, -0.15) is 0 Å². The fourth-order valence-electron chi connectivity index (χ4n) is 1.56. The second-order valence-corrected chi connectivity index (χ2v) is 4.46. The first-order chi connectivity index (χ1) is 4.74. The van der Waals surface area contributed by atoms with Gasteiger partial charge < -0.3 is 0 Å². The van der Waals surface area contributed by atoms with E-state index in [-0.39, 0.29) is 0 Å². The second-order valence-electron chi connectivity index (χ2n) is 3.81. The van der Waals surface area contributed by atoms with Crippen LogP contribution in [0.4, 0.5) is 0 Å². The number of halogens is 1. The second kappa shape index (κ2) is 3.75. The first-order valence-electron chi connectivity index (χ1n) is 4.30. The van der Waals surface area contributed by atoms with Crippen molar-refractivity contribution in [3.8, 4) is 0 Å². The van der Waals surface area contributed by atoms with Gasteiger partial charge in [-0.25, -0.2) is 0 Å². The molecule has 1 saturated carbocycles. The molecule has 0 N–H and O–H groups in total. The monoisotopic (exact) mass is 204 g/mol. The topological polar surface area (TPSA) is 0 Å². The van der Waals surface area contributed by atoms with Gasteiger partial charge in [-0.3, -0.25) is 0 Å². The summed E-state index contributed by atoms with van der Waals surface area (Å²) in [6.45, 7) is 4.73. The molecule has 0 bridgehead atoms. The smallest absolute Gasteiger partial charge is 0.00571 e. The molecule has 0 saturated heterocycles. The predicted octanol–water partition coefficient (Wildman–Crippen LogP) is 3.45. The number of alkyl halides is 1. The molecule has 1 aliphatic rings. The van der Waals surface area contributed by atoms with Gasteiger partial charge in [0, 0.05) is 5.33 Å². The molecule has 1 rings (SSSR count). The van der Waals surface area contributed by atoms with Crippen LogP contribution in [-0.2, 0) is 0 Å². The quantitative estimate of drug-likeness (QED) is 0.616. The zero-order valence-electron chi connectivity index (χ0n) is 6.94. The lowest BCUT2D eigenvalue weighted by molar-refractivity contribution is 0.403. The Labute approximate surface area is 72.5 Å². The highest BCUT2D eigenvalue weighted by molar-refractivity contribution is 9.09. The van der Waals surface area contributed by atoms with Crippen LogP contribution in [0.15, 0.2) is 0 Å². The Hall–Kier alpha value is 0.480. The average Bonchev–Trinajstić information content (AvgIpc) is 2.68. The van der Waals surface area contributed by atoms with Crippen molar-refractivity contribution in [3.05, 3.63) is 0 Å². The molecule has 0 spiro atoms. The van der Waals surface area contributed by atoms with E-state index >= 15 is 0 Å². The minimum absolute atomic E-state index is 0.871. The van der Waals surface area contributed by atoms with Crippen molar-refractivity contribution in [2.24, 2.45) is 17.8 Å². The number of hydrogen-bond donors (Lipinski definition) is 0. The predicted molar refractivity (Wildman–Crippen MR) is 49.5 cm³/mol. The van der Waals surface area contributed by atoms with E-state index in [4.69, 9.17) is 0 Å². The molecule has 0 radical (unpaired) electrons. The molecule has 10 heavy (non-hydrogen) atoms. The van der Waals surface area contributed by atoms with Crippen molar-refractivity contribution in [1.82, 2.24) is 0 Å². The van der Waals surface area contributed by atoms with Crippen LogP contribution in [0.5, 0.6) is 0 Å². The fraction of sp³-hybridized carbons (Fsp3) is 1.00. The van der Waals surface area contributed by atoms with E-state index in [1.807, 2.05) is 0 Å². The summed E-state index contributed by atoms with van der Waals surface area (Å²) in [6.07, 6.45) is 4.41.